The van der Waals surface area contributed by atoms with Crippen LogP contribution in [0.15, 0.2) is 78.9 Å². The smallest absolute Gasteiger partial charge is 0.338 e. The van der Waals surface area contributed by atoms with Crippen molar-refractivity contribution in [2.75, 3.05) is 11.9 Å². The fourth-order valence-electron chi connectivity index (χ4n) is 3.47. The molecule has 1 N–H and O–H groups in total. The van der Waals surface area contributed by atoms with E-state index in [1.165, 1.54) is 11.3 Å². The summed E-state index contributed by atoms with van der Waals surface area (Å²) in [4.78, 5) is 29.3. The van der Waals surface area contributed by atoms with Gasteiger partial charge in [-0.05, 0) is 36.2 Å². The monoisotopic (exact) mass is 430 g/mol. The molecule has 0 aliphatic rings. The lowest BCUT2D eigenvalue weighted by Crippen LogP contribution is -2.16. The maximum atomic E-state index is 12.9. The predicted molar refractivity (Wildman–Crippen MR) is 124 cm³/mol. The number of hydrogen-bond donors (Lipinski definition) is 1. The van der Waals surface area contributed by atoms with Crippen molar-refractivity contribution in [3.05, 3.63) is 95.6 Å². The number of anilines is 1. The highest BCUT2D eigenvalue weighted by Gasteiger charge is 2.19. The maximum absolute atomic E-state index is 12.9. The molecule has 6 heteroatoms. The Balaban J connectivity index is 1.52. The summed E-state index contributed by atoms with van der Waals surface area (Å²) in [7, 11) is 0. The molecular weight excluding hydrogens is 408 g/mol. The van der Waals surface area contributed by atoms with Crippen LogP contribution in [0.3, 0.4) is 0 Å². The molecule has 5 nitrogen and oxygen atoms in total. The summed E-state index contributed by atoms with van der Waals surface area (Å²) in [5, 5.41) is 3.44. The number of thiazole rings is 1. The van der Waals surface area contributed by atoms with Crippen molar-refractivity contribution in [3.63, 3.8) is 0 Å². The van der Waals surface area contributed by atoms with Crippen LogP contribution in [0.2, 0.25) is 0 Å². The normalized spacial score (nSPS) is 10.9. The molecule has 0 fully saturated rings. The largest absolute Gasteiger partial charge is 0.462 e. The van der Waals surface area contributed by atoms with Gasteiger partial charge in [-0.2, -0.15) is 0 Å². The number of carbonyl (C=O) groups is 2. The fourth-order valence-corrected chi connectivity index (χ4v) is 4.40. The third kappa shape index (κ3) is 4.98. The summed E-state index contributed by atoms with van der Waals surface area (Å²) in [6.45, 7) is 2.10. The van der Waals surface area contributed by atoms with E-state index in [-0.39, 0.29) is 17.8 Å². The van der Waals surface area contributed by atoms with E-state index in [2.05, 4.69) is 10.3 Å². The van der Waals surface area contributed by atoms with Gasteiger partial charge in [-0.15, -0.1) is 0 Å². The number of nitrogens with one attached hydrogen (secondary N) is 1. The van der Waals surface area contributed by atoms with Gasteiger partial charge in [0.25, 0.3) is 0 Å². The van der Waals surface area contributed by atoms with E-state index in [4.69, 9.17) is 4.74 Å². The summed E-state index contributed by atoms with van der Waals surface area (Å²) in [5.74, 6) is -0.522. The summed E-state index contributed by atoms with van der Waals surface area (Å²) in [6, 6.07) is 25.2. The minimum Gasteiger partial charge on any atom is -0.462 e. The number of hydrogen-bond acceptors (Lipinski definition) is 5. The Labute approximate surface area is 184 Å². The third-order valence-electron chi connectivity index (χ3n) is 4.94. The molecule has 4 rings (SSSR count). The van der Waals surface area contributed by atoms with Gasteiger partial charge in [0.2, 0.25) is 5.91 Å². The maximum Gasteiger partial charge on any atom is 0.338 e. The molecule has 0 atom stereocenters. The molecule has 0 aliphatic carbocycles. The van der Waals surface area contributed by atoms with Gasteiger partial charge in [0, 0.05) is 12.3 Å². The van der Waals surface area contributed by atoms with E-state index < -0.39 is 0 Å². The molecule has 4 aromatic rings. The first-order chi connectivity index (χ1) is 15.1. The summed E-state index contributed by atoms with van der Waals surface area (Å²) < 4.78 is 5.87. The molecule has 31 heavy (non-hydrogen) atoms. The average Bonchev–Trinajstić information content (AvgIpc) is 3.20. The van der Waals surface area contributed by atoms with Crippen LogP contribution in [0.5, 0.6) is 0 Å². The highest BCUT2D eigenvalue weighted by molar-refractivity contribution is 7.22. The Bertz CT molecular complexity index is 1150. The van der Waals surface area contributed by atoms with E-state index in [0.29, 0.717) is 23.7 Å². The molecule has 1 amide bonds. The number of esters is 1. The molecule has 0 bridgehead atoms. The topological polar surface area (TPSA) is 68.3 Å². The molecule has 1 aromatic heterocycles. The lowest BCUT2D eigenvalue weighted by Gasteiger charge is -2.17. The number of ether oxygens (including phenoxy) is 1. The van der Waals surface area contributed by atoms with Crippen molar-refractivity contribution in [2.24, 2.45) is 0 Å². The van der Waals surface area contributed by atoms with Gasteiger partial charge in [0.15, 0.2) is 5.13 Å². The fraction of sp³-hybridized carbons (Fsp3) is 0.160. The molecule has 0 saturated carbocycles. The zero-order valence-corrected chi connectivity index (χ0v) is 17.9. The third-order valence-corrected chi connectivity index (χ3v) is 5.87. The van der Waals surface area contributed by atoms with E-state index in [1.807, 2.05) is 60.7 Å². The van der Waals surface area contributed by atoms with Gasteiger partial charge in [-0.1, -0.05) is 72.0 Å². The van der Waals surface area contributed by atoms with Crippen LogP contribution in [0, 0.1) is 0 Å². The van der Waals surface area contributed by atoms with Crippen molar-refractivity contribution in [2.45, 2.75) is 19.3 Å². The van der Waals surface area contributed by atoms with Gasteiger partial charge in [-0.3, -0.25) is 4.79 Å². The Kier molecular flexibility index (Phi) is 6.38. The molecule has 156 valence electrons. The molecular formula is C25H22N2O3S. The minimum atomic E-state index is -0.364. The van der Waals surface area contributed by atoms with E-state index >= 15 is 0 Å². The molecule has 3 aromatic carbocycles. The van der Waals surface area contributed by atoms with Crippen LogP contribution in [-0.4, -0.2) is 23.5 Å². The molecule has 0 radical (unpaired) electrons. The highest BCUT2D eigenvalue weighted by atomic mass is 32.1. The van der Waals surface area contributed by atoms with Crippen LogP contribution < -0.4 is 5.32 Å². The second kappa shape index (κ2) is 9.53. The number of fused-ring (bicyclic) bond motifs is 1. The van der Waals surface area contributed by atoms with Crippen LogP contribution in [0.4, 0.5) is 5.13 Å². The Hall–Kier alpha value is -3.51. The van der Waals surface area contributed by atoms with Crippen LogP contribution >= 0.6 is 11.3 Å². The van der Waals surface area contributed by atoms with Crippen molar-refractivity contribution in [1.29, 1.82) is 0 Å². The van der Waals surface area contributed by atoms with Crippen LogP contribution in [0.25, 0.3) is 10.2 Å². The lowest BCUT2D eigenvalue weighted by molar-refractivity contribution is -0.116. The van der Waals surface area contributed by atoms with Crippen molar-refractivity contribution in [3.8, 4) is 0 Å². The highest BCUT2D eigenvalue weighted by Crippen LogP contribution is 2.30. The molecule has 0 aliphatic heterocycles. The van der Waals surface area contributed by atoms with Crippen molar-refractivity contribution >= 4 is 38.6 Å². The number of aromatic nitrogens is 1. The zero-order chi connectivity index (χ0) is 21.6. The van der Waals surface area contributed by atoms with Gasteiger partial charge < -0.3 is 10.1 Å². The first-order valence-electron chi connectivity index (χ1n) is 10.1. The number of rotatable bonds is 7. The second-order valence-electron chi connectivity index (χ2n) is 7.05. The van der Waals surface area contributed by atoms with Crippen LogP contribution in [-0.2, 0) is 9.53 Å². The zero-order valence-electron chi connectivity index (χ0n) is 17.1. The summed E-state index contributed by atoms with van der Waals surface area (Å²) >= 11 is 1.34. The Morgan fingerprint density at radius 1 is 0.968 bits per heavy atom. The van der Waals surface area contributed by atoms with Crippen molar-refractivity contribution < 1.29 is 14.3 Å². The van der Waals surface area contributed by atoms with E-state index in [9.17, 15) is 9.59 Å². The quantitative estimate of drug-likeness (QED) is 0.386. The molecule has 1 heterocycles. The summed E-state index contributed by atoms with van der Waals surface area (Å²) in [5.41, 5.74) is 3.39. The number of carbonyl (C=O) groups excluding carboxylic acids is 2. The van der Waals surface area contributed by atoms with Gasteiger partial charge in [0.1, 0.15) is 0 Å². The van der Waals surface area contributed by atoms with Gasteiger partial charge in [-0.25, -0.2) is 9.78 Å². The lowest BCUT2D eigenvalue weighted by atomic mass is 9.88. The molecule has 0 unspecified atom stereocenters. The van der Waals surface area contributed by atoms with E-state index in [0.717, 1.165) is 21.3 Å². The SMILES string of the molecule is CCOC(=O)c1ccc2nc(NC(=O)CC(c3ccccc3)c3ccccc3)sc2c1. The predicted octanol–water partition coefficient (Wildman–Crippen LogP) is 5.63. The number of amides is 1. The van der Waals surface area contributed by atoms with Gasteiger partial charge >= 0.3 is 5.97 Å². The second-order valence-corrected chi connectivity index (χ2v) is 8.08. The summed E-state index contributed by atoms with van der Waals surface area (Å²) in [6.07, 6.45) is 0.304. The standard InChI is InChI=1S/C25H22N2O3S/c1-2-30-24(29)19-13-14-21-22(15-19)31-25(26-21)27-23(28)16-20(17-9-5-3-6-10-17)18-11-7-4-8-12-18/h3-15,20H,2,16H2,1H3,(H,26,27,28). The molecule has 0 spiro atoms. The Morgan fingerprint density at radius 3 is 2.23 bits per heavy atom. The van der Waals surface area contributed by atoms with Gasteiger partial charge in [0.05, 0.1) is 22.4 Å². The number of nitrogens with zero attached hydrogens (tertiary/aromatic N) is 1. The van der Waals surface area contributed by atoms with Crippen molar-refractivity contribution in [1.82, 2.24) is 4.98 Å². The Morgan fingerprint density at radius 2 is 1.61 bits per heavy atom. The number of benzene rings is 3. The average molecular weight is 431 g/mol. The van der Waals surface area contributed by atoms with Crippen LogP contribution in [0.1, 0.15) is 40.7 Å². The van der Waals surface area contributed by atoms with E-state index in [1.54, 1.807) is 25.1 Å². The first kappa shape index (κ1) is 20.8. The molecule has 0 saturated heterocycles. The minimum absolute atomic E-state index is 0.0489. The first-order valence-corrected chi connectivity index (χ1v) is 10.9.